The summed E-state index contributed by atoms with van der Waals surface area (Å²) in [5.41, 5.74) is -0.703. The number of aromatic nitrogens is 2. The van der Waals surface area contributed by atoms with Crippen LogP contribution in [0.4, 0.5) is 0 Å². The van der Waals surface area contributed by atoms with Crippen LogP contribution in [0.1, 0.15) is 46.9 Å². The zero-order valence-corrected chi connectivity index (χ0v) is 24.1. The number of benzene rings is 1. The van der Waals surface area contributed by atoms with Gasteiger partial charge < -0.3 is 14.6 Å². The molecule has 0 spiro atoms. The number of ketones is 1. The molecule has 3 aromatic rings. The summed E-state index contributed by atoms with van der Waals surface area (Å²) < 4.78 is 11.4. The van der Waals surface area contributed by atoms with Crippen molar-refractivity contribution in [3.05, 3.63) is 112 Å². The molecule has 1 aliphatic rings. The molecule has 0 aliphatic heterocycles. The summed E-state index contributed by atoms with van der Waals surface area (Å²) in [6.45, 7) is 4.61. The minimum Gasteiger partial charge on any atom is -0.489 e. The van der Waals surface area contributed by atoms with Gasteiger partial charge in [-0.3, -0.25) is 19.7 Å². The van der Waals surface area contributed by atoms with E-state index in [0.717, 1.165) is 18.5 Å². The normalized spacial score (nSPS) is 16.6. The van der Waals surface area contributed by atoms with Gasteiger partial charge in [0.25, 0.3) is 0 Å². The second-order valence-electron chi connectivity index (χ2n) is 9.57. The SMILES string of the molecule is CCCN(CCOc1c(Cl)cccc1Cl)CCC1=CC=C(OC(=O)c2ccncc2)C(O)(C(=O)c2ccncc2)C1. The topological polar surface area (TPSA) is 102 Å². The van der Waals surface area contributed by atoms with E-state index in [2.05, 4.69) is 21.8 Å². The minimum atomic E-state index is -2.06. The molecule has 1 N–H and O–H groups in total. The van der Waals surface area contributed by atoms with Crippen LogP contribution >= 0.6 is 23.2 Å². The van der Waals surface area contributed by atoms with E-state index in [1.807, 2.05) is 0 Å². The molecule has 10 heteroatoms. The van der Waals surface area contributed by atoms with Gasteiger partial charge in [0, 0.05) is 49.9 Å². The number of ether oxygens (including phenoxy) is 2. The Bertz CT molecular complexity index is 1400. The van der Waals surface area contributed by atoms with E-state index in [1.165, 1.54) is 55.1 Å². The first-order valence-corrected chi connectivity index (χ1v) is 14.1. The van der Waals surface area contributed by atoms with Gasteiger partial charge in [0.1, 0.15) is 12.4 Å². The van der Waals surface area contributed by atoms with Crippen LogP contribution in [0, 0.1) is 0 Å². The number of nitrogens with zero attached hydrogens (tertiary/aromatic N) is 3. The molecule has 0 amide bonds. The Labute approximate surface area is 249 Å². The van der Waals surface area contributed by atoms with Crippen LogP contribution in [0.3, 0.4) is 0 Å². The van der Waals surface area contributed by atoms with Crippen molar-refractivity contribution < 1.29 is 24.2 Å². The lowest BCUT2D eigenvalue weighted by Gasteiger charge is -2.32. The summed E-state index contributed by atoms with van der Waals surface area (Å²) in [5.74, 6) is -0.930. The highest BCUT2D eigenvalue weighted by atomic mass is 35.5. The van der Waals surface area contributed by atoms with Gasteiger partial charge in [0.15, 0.2) is 11.4 Å². The van der Waals surface area contributed by atoms with Gasteiger partial charge >= 0.3 is 5.97 Å². The molecule has 0 saturated heterocycles. The summed E-state index contributed by atoms with van der Waals surface area (Å²) in [5, 5.41) is 12.7. The summed E-state index contributed by atoms with van der Waals surface area (Å²) in [7, 11) is 0. The van der Waals surface area contributed by atoms with Crippen molar-refractivity contribution in [3.63, 3.8) is 0 Å². The highest BCUT2D eigenvalue weighted by molar-refractivity contribution is 6.37. The number of halogens is 2. The number of Topliss-reactive ketones (excluding diaryl/α,β-unsaturated/α-hetero) is 1. The van der Waals surface area contributed by atoms with Crippen LogP contribution in [0.5, 0.6) is 5.75 Å². The first-order chi connectivity index (χ1) is 19.8. The van der Waals surface area contributed by atoms with Crippen molar-refractivity contribution in [2.75, 3.05) is 26.2 Å². The number of rotatable bonds is 13. The van der Waals surface area contributed by atoms with Gasteiger partial charge in [-0.2, -0.15) is 0 Å². The van der Waals surface area contributed by atoms with Crippen molar-refractivity contribution in [1.82, 2.24) is 14.9 Å². The highest BCUT2D eigenvalue weighted by Gasteiger charge is 2.45. The summed E-state index contributed by atoms with van der Waals surface area (Å²) >= 11 is 12.4. The third-order valence-corrected chi connectivity index (χ3v) is 7.25. The minimum absolute atomic E-state index is 0.0185. The lowest BCUT2D eigenvalue weighted by atomic mass is 9.81. The molecule has 8 nitrogen and oxygen atoms in total. The molecule has 2 aromatic heterocycles. The van der Waals surface area contributed by atoms with Crippen molar-refractivity contribution >= 4 is 35.0 Å². The first-order valence-electron chi connectivity index (χ1n) is 13.3. The molecule has 1 unspecified atom stereocenters. The molecule has 1 aliphatic carbocycles. The van der Waals surface area contributed by atoms with Crippen LogP contribution in [0.2, 0.25) is 10.0 Å². The van der Waals surface area contributed by atoms with Gasteiger partial charge in [-0.15, -0.1) is 0 Å². The van der Waals surface area contributed by atoms with Gasteiger partial charge in [-0.1, -0.05) is 47.8 Å². The number of pyridine rings is 2. The van der Waals surface area contributed by atoms with Crippen LogP contribution in [0.15, 0.2) is 90.7 Å². The Kier molecular flexibility index (Phi) is 10.7. The molecule has 4 rings (SSSR count). The Morgan fingerprint density at radius 3 is 2.20 bits per heavy atom. The summed E-state index contributed by atoms with van der Waals surface area (Å²) in [4.78, 5) is 36.5. The zero-order chi connectivity index (χ0) is 29.2. The second-order valence-corrected chi connectivity index (χ2v) is 10.4. The number of para-hydroxylation sites is 1. The molecule has 1 atom stereocenters. The number of carbonyl (C=O) groups is 2. The molecule has 0 saturated carbocycles. The highest BCUT2D eigenvalue weighted by Crippen LogP contribution is 2.36. The molecular formula is C31H31Cl2N3O5. The second kappa shape index (κ2) is 14.4. The fourth-order valence-corrected chi connectivity index (χ4v) is 5.03. The zero-order valence-electron chi connectivity index (χ0n) is 22.6. The average Bonchev–Trinajstić information content (AvgIpc) is 2.99. The Balaban J connectivity index is 1.47. The standard InChI is InChI=1S/C31H31Cl2N3O5/c1-2-17-36(19-20-40-28-25(32)4-3-5-26(28)33)18-12-22-6-7-27(41-30(38)24-10-15-35-16-11-24)31(39,21-22)29(37)23-8-13-34-14-9-23/h3-11,13-16,39H,2,12,17-21H2,1H3. The van der Waals surface area contributed by atoms with Gasteiger partial charge in [-0.05, 0) is 61.9 Å². The quantitative estimate of drug-likeness (QED) is 0.191. The maximum absolute atomic E-state index is 13.6. The van der Waals surface area contributed by atoms with E-state index < -0.39 is 17.4 Å². The van der Waals surface area contributed by atoms with Crippen molar-refractivity contribution in [1.29, 1.82) is 0 Å². The van der Waals surface area contributed by atoms with Crippen LogP contribution in [-0.2, 0) is 4.74 Å². The van der Waals surface area contributed by atoms with Gasteiger partial charge in [0.05, 0.1) is 15.6 Å². The lowest BCUT2D eigenvalue weighted by molar-refractivity contribution is 0.0135. The lowest BCUT2D eigenvalue weighted by Crippen LogP contribution is -2.44. The summed E-state index contributed by atoms with van der Waals surface area (Å²) in [6, 6.07) is 11.3. The fourth-order valence-electron chi connectivity index (χ4n) is 4.53. The molecule has 214 valence electrons. The van der Waals surface area contributed by atoms with E-state index in [1.54, 1.807) is 24.3 Å². The molecule has 0 radical (unpaired) electrons. The van der Waals surface area contributed by atoms with Crippen LogP contribution < -0.4 is 4.74 Å². The monoisotopic (exact) mass is 595 g/mol. The number of esters is 1. The maximum atomic E-state index is 13.6. The van der Waals surface area contributed by atoms with Crippen LogP contribution in [-0.4, -0.2) is 63.6 Å². The molecular weight excluding hydrogens is 565 g/mol. The number of hydrogen-bond donors (Lipinski definition) is 1. The maximum Gasteiger partial charge on any atom is 0.343 e. The van der Waals surface area contributed by atoms with E-state index in [4.69, 9.17) is 32.7 Å². The molecule has 1 aromatic carbocycles. The van der Waals surface area contributed by atoms with E-state index in [9.17, 15) is 14.7 Å². The molecule has 2 heterocycles. The largest absolute Gasteiger partial charge is 0.489 e. The molecule has 0 fully saturated rings. The Hall–Kier alpha value is -3.56. The van der Waals surface area contributed by atoms with Gasteiger partial charge in [-0.25, -0.2) is 4.79 Å². The fraction of sp³-hybridized carbons (Fsp3) is 0.290. The first kappa shape index (κ1) is 30.4. The molecule has 0 bridgehead atoms. The average molecular weight is 597 g/mol. The molecule has 41 heavy (non-hydrogen) atoms. The smallest absolute Gasteiger partial charge is 0.343 e. The Morgan fingerprint density at radius 2 is 1.56 bits per heavy atom. The van der Waals surface area contributed by atoms with Crippen molar-refractivity contribution in [2.45, 2.75) is 31.8 Å². The van der Waals surface area contributed by atoms with E-state index in [0.29, 0.717) is 41.9 Å². The summed E-state index contributed by atoms with van der Waals surface area (Å²) in [6.07, 6.45) is 10.7. The van der Waals surface area contributed by atoms with E-state index >= 15 is 0 Å². The van der Waals surface area contributed by atoms with Gasteiger partial charge in [0.2, 0.25) is 5.78 Å². The van der Waals surface area contributed by atoms with Crippen LogP contribution in [0.25, 0.3) is 0 Å². The predicted molar refractivity (Wildman–Crippen MR) is 157 cm³/mol. The third-order valence-electron chi connectivity index (χ3n) is 6.66. The number of hydrogen-bond acceptors (Lipinski definition) is 8. The van der Waals surface area contributed by atoms with Crippen molar-refractivity contribution in [3.8, 4) is 5.75 Å². The number of allylic oxidation sites excluding steroid dienone is 2. The number of aliphatic hydroxyl groups is 1. The third kappa shape index (κ3) is 7.80. The predicted octanol–water partition coefficient (Wildman–Crippen LogP) is 5.95. The number of carbonyl (C=O) groups excluding carboxylic acids is 2. The van der Waals surface area contributed by atoms with Crippen molar-refractivity contribution in [2.24, 2.45) is 0 Å². The van der Waals surface area contributed by atoms with E-state index in [-0.39, 0.29) is 23.3 Å². The Morgan fingerprint density at radius 1 is 0.927 bits per heavy atom.